The highest BCUT2D eigenvalue weighted by Crippen LogP contribution is 2.49. The standard InChI is InChI=1S/C25H31BrN4O4/c1-2-34-24(33)28-15-25(16-28)18-13-17(26)9-10-20(18)30(23(25)32)14-22-27-19-7-3-4-8-21(19)29(22)11-5-6-12-31/h9-10,13,31H,2-8,11-12,14-16H2,1H3. The number of aromatic nitrogens is 2. The molecule has 8 nitrogen and oxygen atoms in total. The van der Waals surface area contributed by atoms with Gasteiger partial charge in [-0.15, -0.1) is 0 Å². The van der Waals surface area contributed by atoms with Crippen LogP contribution in [0.1, 0.15) is 55.4 Å². The lowest BCUT2D eigenvalue weighted by Crippen LogP contribution is -2.65. The van der Waals surface area contributed by atoms with E-state index >= 15 is 0 Å². The highest BCUT2D eigenvalue weighted by molar-refractivity contribution is 9.10. The molecule has 0 radical (unpaired) electrons. The molecule has 2 aliphatic heterocycles. The van der Waals surface area contributed by atoms with Crippen molar-refractivity contribution in [1.82, 2.24) is 14.5 Å². The van der Waals surface area contributed by atoms with Crippen LogP contribution in [0, 0.1) is 0 Å². The number of halogens is 1. The molecule has 0 unspecified atom stereocenters. The van der Waals surface area contributed by atoms with Gasteiger partial charge in [0.25, 0.3) is 0 Å². The summed E-state index contributed by atoms with van der Waals surface area (Å²) in [5, 5.41) is 9.27. The van der Waals surface area contributed by atoms with Crippen molar-refractivity contribution < 1.29 is 19.4 Å². The van der Waals surface area contributed by atoms with Crippen LogP contribution in [0.15, 0.2) is 22.7 Å². The Hall–Kier alpha value is -2.39. The zero-order valence-corrected chi connectivity index (χ0v) is 21.1. The van der Waals surface area contributed by atoms with Gasteiger partial charge in [-0.05, 0) is 69.2 Å². The largest absolute Gasteiger partial charge is 0.450 e. The minimum Gasteiger partial charge on any atom is -0.450 e. The maximum atomic E-state index is 13.9. The van der Waals surface area contributed by atoms with Gasteiger partial charge in [0.1, 0.15) is 11.2 Å². The van der Waals surface area contributed by atoms with Crippen molar-refractivity contribution in [2.75, 3.05) is 31.2 Å². The predicted octanol–water partition coefficient (Wildman–Crippen LogP) is 3.55. The molecule has 1 saturated heterocycles. The highest BCUT2D eigenvalue weighted by atomic mass is 79.9. The number of hydrogen-bond acceptors (Lipinski definition) is 5. The first-order valence-electron chi connectivity index (χ1n) is 12.2. The Balaban J connectivity index is 1.46. The molecule has 1 aromatic heterocycles. The number of aliphatic hydroxyl groups is 1. The molecule has 3 heterocycles. The average molecular weight is 531 g/mol. The van der Waals surface area contributed by atoms with Crippen LogP contribution >= 0.6 is 15.9 Å². The number of aliphatic hydroxyl groups excluding tert-OH is 1. The van der Waals surface area contributed by atoms with Gasteiger partial charge in [-0.3, -0.25) is 4.79 Å². The summed E-state index contributed by atoms with van der Waals surface area (Å²) >= 11 is 3.56. The fourth-order valence-corrected chi connectivity index (χ4v) is 5.95. The topological polar surface area (TPSA) is 87.9 Å². The van der Waals surface area contributed by atoms with Crippen LogP contribution in [0.2, 0.25) is 0 Å². The van der Waals surface area contributed by atoms with Crippen LogP contribution in [-0.4, -0.2) is 57.9 Å². The zero-order valence-electron chi connectivity index (χ0n) is 19.6. The van der Waals surface area contributed by atoms with Crippen molar-refractivity contribution >= 4 is 33.6 Å². The lowest BCUT2D eigenvalue weighted by atomic mass is 9.75. The number of rotatable bonds is 7. The molecular weight excluding hydrogens is 500 g/mol. The molecule has 2 amide bonds. The molecule has 0 saturated carbocycles. The van der Waals surface area contributed by atoms with Crippen LogP contribution in [0.25, 0.3) is 0 Å². The van der Waals surface area contributed by atoms with E-state index in [4.69, 9.17) is 9.72 Å². The van der Waals surface area contributed by atoms with E-state index in [9.17, 15) is 14.7 Å². The molecule has 5 rings (SSSR count). The van der Waals surface area contributed by atoms with E-state index in [2.05, 4.69) is 20.5 Å². The third-order valence-corrected chi connectivity index (χ3v) is 7.76. The van der Waals surface area contributed by atoms with Crippen molar-refractivity contribution in [3.05, 3.63) is 45.4 Å². The van der Waals surface area contributed by atoms with Gasteiger partial charge in [-0.25, -0.2) is 9.78 Å². The number of carbonyl (C=O) groups is 2. The van der Waals surface area contributed by atoms with Crippen LogP contribution in [0.3, 0.4) is 0 Å². The Bertz CT molecular complexity index is 1110. The SMILES string of the molecule is CCOC(=O)N1CC2(C1)C(=O)N(Cc1nc3c(n1CCCCO)CCCC3)c1ccc(Br)cc12. The Morgan fingerprint density at radius 2 is 2.03 bits per heavy atom. The number of ether oxygens (including phenoxy) is 1. The van der Waals surface area contributed by atoms with Gasteiger partial charge >= 0.3 is 6.09 Å². The number of imidazole rings is 1. The third-order valence-electron chi connectivity index (χ3n) is 7.27. The predicted molar refractivity (Wildman–Crippen MR) is 131 cm³/mol. The van der Waals surface area contributed by atoms with E-state index in [0.717, 1.165) is 72.3 Å². The van der Waals surface area contributed by atoms with E-state index in [0.29, 0.717) is 26.2 Å². The van der Waals surface area contributed by atoms with Crippen LogP contribution in [0.4, 0.5) is 10.5 Å². The molecule has 0 atom stereocenters. The number of unbranched alkanes of at least 4 members (excludes halogenated alkanes) is 1. The number of fused-ring (bicyclic) bond motifs is 3. The lowest BCUT2D eigenvalue weighted by Gasteiger charge is -2.45. The number of hydrogen-bond donors (Lipinski definition) is 1. The molecule has 1 N–H and O–H groups in total. The van der Waals surface area contributed by atoms with Gasteiger partial charge < -0.3 is 24.2 Å². The summed E-state index contributed by atoms with van der Waals surface area (Å²) in [6, 6.07) is 5.95. The van der Waals surface area contributed by atoms with E-state index in [1.807, 2.05) is 23.1 Å². The number of anilines is 1. The average Bonchev–Trinajstić information content (AvgIpc) is 3.26. The van der Waals surface area contributed by atoms with E-state index in [1.165, 1.54) is 5.69 Å². The van der Waals surface area contributed by atoms with Gasteiger partial charge in [-0.1, -0.05) is 15.9 Å². The summed E-state index contributed by atoms with van der Waals surface area (Å²) in [5.74, 6) is 0.926. The zero-order chi connectivity index (χ0) is 23.9. The summed E-state index contributed by atoms with van der Waals surface area (Å²) in [6.45, 7) is 4.13. The fourth-order valence-electron chi connectivity index (χ4n) is 5.59. The Labute approximate surface area is 208 Å². The maximum Gasteiger partial charge on any atom is 0.409 e. The van der Waals surface area contributed by atoms with Gasteiger partial charge in [0.05, 0.1) is 18.8 Å². The molecule has 2 aromatic rings. The Morgan fingerprint density at radius 1 is 1.24 bits per heavy atom. The highest BCUT2D eigenvalue weighted by Gasteiger charge is 2.59. The monoisotopic (exact) mass is 530 g/mol. The molecule has 1 aromatic carbocycles. The molecule has 1 spiro atoms. The van der Waals surface area contributed by atoms with Crippen molar-refractivity contribution in [2.45, 2.75) is 64.0 Å². The first-order valence-corrected chi connectivity index (χ1v) is 13.0. The molecule has 1 fully saturated rings. The molecular formula is C25H31BrN4O4. The van der Waals surface area contributed by atoms with Crippen molar-refractivity contribution in [3.8, 4) is 0 Å². The number of benzene rings is 1. The number of likely N-dealkylation sites (tertiary alicyclic amines) is 1. The minimum absolute atomic E-state index is 0.0176. The van der Waals surface area contributed by atoms with E-state index < -0.39 is 5.41 Å². The molecule has 0 bridgehead atoms. The Morgan fingerprint density at radius 3 is 2.79 bits per heavy atom. The normalized spacial score (nSPS) is 18.1. The number of nitrogens with zero attached hydrogens (tertiary/aromatic N) is 4. The van der Waals surface area contributed by atoms with E-state index in [-0.39, 0.29) is 18.6 Å². The van der Waals surface area contributed by atoms with Gasteiger partial charge in [0.2, 0.25) is 5.91 Å². The van der Waals surface area contributed by atoms with Gasteiger partial charge in [-0.2, -0.15) is 0 Å². The smallest absolute Gasteiger partial charge is 0.409 e. The van der Waals surface area contributed by atoms with Crippen LogP contribution in [0.5, 0.6) is 0 Å². The summed E-state index contributed by atoms with van der Waals surface area (Å²) in [5.41, 5.74) is 3.54. The minimum atomic E-state index is -0.736. The number of aryl methyl sites for hydroxylation is 1. The second-order valence-electron chi connectivity index (χ2n) is 9.40. The van der Waals surface area contributed by atoms with Crippen molar-refractivity contribution in [2.24, 2.45) is 0 Å². The first kappa shape index (κ1) is 23.4. The second kappa shape index (κ2) is 9.34. The summed E-state index contributed by atoms with van der Waals surface area (Å²) in [6.07, 6.45) is 5.54. The summed E-state index contributed by atoms with van der Waals surface area (Å²) in [4.78, 5) is 34.6. The fraction of sp³-hybridized carbons (Fsp3) is 0.560. The lowest BCUT2D eigenvalue weighted by molar-refractivity contribution is -0.128. The first-order chi connectivity index (χ1) is 16.5. The van der Waals surface area contributed by atoms with Crippen molar-refractivity contribution in [1.29, 1.82) is 0 Å². The maximum absolute atomic E-state index is 13.9. The van der Waals surface area contributed by atoms with Crippen LogP contribution < -0.4 is 4.90 Å². The number of amides is 2. The second-order valence-corrected chi connectivity index (χ2v) is 10.3. The third kappa shape index (κ3) is 3.82. The molecule has 34 heavy (non-hydrogen) atoms. The van der Waals surface area contributed by atoms with Crippen molar-refractivity contribution in [3.63, 3.8) is 0 Å². The molecule has 1 aliphatic carbocycles. The van der Waals surface area contributed by atoms with Crippen LogP contribution in [-0.2, 0) is 40.9 Å². The molecule has 9 heteroatoms. The Kier molecular flexibility index (Phi) is 6.41. The summed E-state index contributed by atoms with van der Waals surface area (Å²) in [7, 11) is 0. The summed E-state index contributed by atoms with van der Waals surface area (Å²) < 4.78 is 8.35. The van der Waals surface area contributed by atoms with Gasteiger partial charge in [0.15, 0.2) is 0 Å². The molecule has 182 valence electrons. The van der Waals surface area contributed by atoms with E-state index in [1.54, 1.807) is 11.8 Å². The quantitative estimate of drug-likeness (QED) is 0.553. The number of carbonyl (C=O) groups excluding carboxylic acids is 2. The van der Waals surface area contributed by atoms with Gasteiger partial charge in [0, 0.05) is 42.1 Å². The molecule has 3 aliphatic rings.